The predicted molar refractivity (Wildman–Crippen MR) is 69.3 cm³/mol. The summed E-state index contributed by atoms with van der Waals surface area (Å²) in [5.41, 5.74) is 1.07. The van der Waals surface area contributed by atoms with E-state index < -0.39 is 5.38 Å². The van der Waals surface area contributed by atoms with Gasteiger partial charge >= 0.3 is 0 Å². The first kappa shape index (κ1) is 12.7. The molecule has 1 aromatic rings. The second kappa shape index (κ2) is 4.86. The van der Waals surface area contributed by atoms with Crippen LogP contribution in [0.1, 0.15) is 6.92 Å². The fourth-order valence-corrected chi connectivity index (χ4v) is 1.73. The number of rotatable bonds is 2. The van der Waals surface area contributed by atoms with Crippen LogP contribution in [0.5, 0.6) is 5.75 Å². The van der Waals surface area contributed by atoms with Crippen LogP contribution in [0.2, 0.25) is 0 Å². The van der Waals surface area contributed by atoms with Gasteiger partial charge in [-0.1, -0.05) is 6.07 Å². The van der Waals surface area contributed by atoms with Gasteiger partial charge in [0.25, 0.3) is 5.91 Å². The molecule has 1 atom stereocenters. The van der Waals surface area contributed by atoms with Crippen LogP contribution in [-0.4, -0.2) is 30.8 Å². The SMILES string of the molecule is CC(Cl)C(=O)Nc1cccc2c1N(C)C(=O)CO2. The number of anilines is 2. The maximum absolute atomic E-state index is 11.6. The Morgan fingerprint density at radius 1 is 1.56 bits per heavy atom. The molecule has 0 saturated heterocycles. The average molecular weight is 269 g/mol. The van der Waals surface area contributed by atoms with E-state index in [2.05, 4.69) is 5.32 Å². The number of carbonyl (C=O) groups is 2. The lowest BCUT2D eigenvalue weighted by Crippen LogP contribution is -2.36. The number of benzene rings is 1. The molecule has 0 aromatic heterocycles. The number of hydrogen-bond acceptors (Lipinski definition) is 3. The zero-order chi connectivity index (χ0) is 13.3. The predicted octanol–water partition coefficient (Wildman–Crippen LogP) is 1.61. The van der Waals surface area contributed by atoms with Gasteiger partial charge in [-0.25, -0.2) is 0 Å². The lowest BCUT2D eigenvalue weighted by atomic mass is 10.2. The second-order valence-electron chi connectivity index (χ2n) is 4.00. The Kier molecular flexibility index (Phi) is 3.43. The third-order valence-corrected chi connectivity index (χ3v) is 2.88. The van der Waals surface area contributed by atoms with Gasteiger partial charge in [0.1, 0.15) is 16.8 Å². The van der Waals surface area contributed by atoms with Crippen molar-refractivity contribution in [3.05, 3.63) is 18.2 Å². The summed E-state index contributed by atoms with van der Waals surface area (Å²) in [5, 5.41) is 2.03. The zero-order valence-electron chi connectivity index (χ0n) is 10.1. The van der Waals surface area contributed by atoms with Crippen LogP contribution >= 0.6 is 11.6 Å². The molecule has 1 aliphatic rings. The molecule has 0 radical (unpaired) electrons. The monoisotopic (exact) mass is 268 g/mol. The minimum Gasteiger partial charge on any atom is -0.481 e. The van der Waals surface area contributed by atoms with Crippen molar-refractivity contribution in [2.45, 2.75) is 12.3 Å². The molecule has 2 rings (SSSR count). The first-order valence-electron chi connectivity index (χ1n) is 5.48. The third-order valence-electron chi connectivity index (χ3n) is 2.68. The Bertz CT molecular complexity index is 502. The van der Waals surface area contributed by atoms with E-state index in [1.165, 1.54) is 4.90 Å². The van der Waals surface area contributed by atoms with Crippen LogP contribution in [0, 0.1) is 0 Å². The van der Waals surface area contributed by atoms with Crippen molar-refractivity contribution in [2.75, 3.05) is 23.9 Å². The van der Waals surface area contributed by atoms with Gasteiger partial charge in [-0.3, -0.25) is 9.59 Å². The minimum atomic E-state index is -0.647. The number of hydrogen-bond donors (Lipinski definition) is 1. The van der Waals surface area contributed by atoms with Crippen molar-refractivity contribution in [3.8, 4) is 5.75 Å². The van der Waals surface area contributed by atoms with E-state index in [0.717, 1.165) is 0 Å². The van der Waals surface area contributed by atoms with Gasteiger partial charge in [-0.2, -0.15) is 0 Å². The highest BCUT2D eigenvalue weighted by Crippen LogP contribution is 2.38. The maximum Gasteiger partial charge on any atom is 0.264 e. The van der Waals surface area contributed by atoms with Crippen LogP contribution in [0.15, 0.2) is 18.2 Å². The molecule has 0 aliphatic carbocycles. The Morgan fingerprint density at radius 3 is 2.94 bits per heavy atom. The first-order chi connectivity index (χ1) is 8.50. The highest BCUT2D eigenvalue weighted by Gasteiger charge is 2.26. The van der Waals surface area contributed by atoms with E-state index in [-0.39, 0.29) is 18.4 Å². The molecule has 1 aliphatic heterocycles. The van der Waals surface area contributed by atoms with E-state index in [4.69, 9.17) is 16.3 Å². The third kappa shape index (κ3) is 2.26. The van der Waals surface area contributed by atoms with Crippen molar-refractivity contribution in [1.29, 1.82) is 0 Å². The van der Waals surface area contributed by atoms with Crippen molar-refractivity contribution in [1.82, 2.24) is 0 Å². The summed E-state index contributed by atoms with van der Waals surface area (Å²) in [7, 11) is 1.64. The molecule has 0 bridgehead atoms. The van der Waals surface area contributed by atoms with Crippen LogP contribution in [-0.2, 0) is 9.59 Å². The van der Waals surface area contributed by atoms with Gasteiger partial charge in [-0.15, -0.1) is 11.6 Å². The molecule has 0 saturated carbocycles. The average Bonchev–Trinajstić information content (AvgIpc) is 2.34. The molecule has 0 fully saturated rings. The molecular weight excluding hydrogens is 256 g/mol. The highest BCUT2D eigenvalue weighted by atomic mass is 35.5. The molecule has 18 heavy (non-hydrogen) atoms. The van der Waals surface area contributed by atoms with Gasteiger partial charge in [0.15, 0.2) is 6.61 Å². The molecular formula is C12H13ClN2O3. The number of nitrogens with zero attached hydrogens (tertiary/aromatic N) is 1. The summed E-state index contributed by atoms with van der Waals surface area (Å²) in [4.78, 5) is 24.7. The van der Waals surface area contributed by atoms with E-state index >= 15 is 0 Å². The Labute approximate surface area is 110 Å². The number of fused-ring (bicyclic) bond motifs is 1. The Hall–Kier alpha value is -1.75. The van der Waals surface area contributed by atoms with Gasteiger partial charge in [-0.05, 0) is 19.1 Å². The standard InChI is InChI=1S/C12H13ClN2O3/c1-7(13)12(17)14-8-4-3-5-9-11(8)15(2)10(16)6-18-9/h3-5,7H,6H2,1-2H3,(H,14,17). The fourth-order valence-electron chi connectivity index (χ4n) is 1.68. The van der Waals surface area contributed by atoms with Gasteiger partial charge in [0.2, 0.25) is 5.91 Å². The number of para-hydroxylation sites is 1. The smallest absolute Gasteiger partial charge is 0.264 e. The minimum absolute atomic E-state index is 0.00675. The lowest BCUT2D eigenvalue weighted by Gasteiger charge is -2.28. The highest BCUT2D eigenvalue weighted by molar-refractivity contribution is 6.32. The summed E-state index contributed by atoms with van der Waals surface area (Å²) in [6, 6.07) is 5.20. The quantitative estimate of drug-likeness (QED) is 0.829. The Balaban J connectivity index is 2.38. The lowest BCUT2D eigenvalue weighted by molar-refractivity contribution is -0.121. The maximum atomic E-state index is 11.6. The largest absolute Gasteiger partial charge is 0.481 e. The van der Waals surface area contributed by atoms with E-state index in [1.807, 2.05) is 0 Å². The van der Waals surface area contributed by atoms with Gasteiger partial charge in [0, 0.05) is 7.05 Å². The topological polar surface area (TPSA) is 58.6 Å². The molecule has 1 N–H and O–H groups in total. The van der Waals surface area contributed by atoms with Crippen LogP contribution in [0.4, 0.5) is 11.4 Å². The summed E-state index contributed by atoms with van der Waals surface area (Å²) < 4.78 is 5.31. The van der Waals surface area contributed by atoms with Crippen molar-refractivity contribution < 1.29 is 14.3 Å². The second-order valence-corrected chi connectivity index (χ2v) is 4.65. The van der Waals surface area contributed by atoms with Crippen molar-refractivity contribution >= 4 is 34.8 Å². The zero-order valence-corrected chi connectivity index (χ0v) is 10.8. The summed E-state index contributed by atoms with van der Waals surface area (Å²) in [5.74, 6) is 0.0803. The first-order valence-corrected chi connectivity index (χ1v) is 5.91. The van der Waals surface area contributed by atoms with Crippen molar-refractivity contribution in [3.63, 3.8) is 0 Å². The number of ether oxygens (including phenoxy) is 1. The molecule has 96 valence electrons. The Morgan fingerprint density at radius 2 is 2.28 bits per heavy atom. The molecule has 1 unspecified atom stereocenters. The molecule has 1 heterocycles. The molecule has 2 amide bonds. The number of amides is 2. The number of likely N-dealkylation sites (N-methyl/N-ethyl adjacent to an activating group) is 1. The molecule has 1 aromatic carbocycles. The van der Waals surface area contributed by atoms with E-state index in [9.17, 15) is 9.59 Å². The van der Waals surface area contributed by atoms with Crippen LogP contribution in [0.3, 0.4) is 0 Å². The fraction of sp³-hybridized carbons (Fsp3) is 0.333. The normalized spacial score (nSPS) is 15.7. The van der Waals surface area contributed by atoms with Crippen LogP contribution < -0.4 is 15.0 Å². The van der Waals surface area contributed by atoms with E-state index in [0.29, 0.717) is 17.1 Å². The summed E-state index contributed by atoms with van der Waals surface area (Å²) >= 11 is 5.70. The summed E-state index contributed by atoms with van der Waals surface area (Å²) in [6.45, 7) is 1.59. The number of carbonyl (C=O) groups excluding carboxylic acids is 2. The molecule has 0 spiro atoms. The van der Waals surface area contributed by atoms with Gasteiger partial charge in [0.05, 0.1) is 5.69 Å². The van der Waals surface area contributed by atoms with E-state index in [1.54, 1.807) is 32.2 Å². The molecule has 6 heteroatoms. The van der Waals surface area contributed by atoms with Gasteiger partial charge < -0.3 is 15.0 Å². The summed E-state index contributed by atoms with van der Waals surface area (Å²) in [6.07, 6.45) is 0. The molecule has 5 nitrogen and oxygen atoms in total. The number of halogens is 1. The van der Waals surface area contributed by atoms with Crippen LogP contribution in [0.25, 0.3) is 0 Å². The number of nitrogens with one attached hydrogen (secondary N) is 1. The number of alkyl halides is 1. The van der Waals surface area contributed by atoms with Crippen molar-refractivity contribution in [2.24, 2.45) is 0 Å².